The molecule has 27 heavy (non-hydrogen) atoms. The van der Waals surface area contributed by atoms with E-state index in [4.69, 9.17) is 9.47 Å². The molecule has 5 nitrogen and oxygen atoms in total. The van der Waals surface area contributed by atoms with Crippen molar-refractivity contribution in [2.45, 2.75) is 38.6 Å². The molecule has 1 aliphatic rings. The molecule has 0 unspecified atom stereocenters. The molecule has 0 aromatic heterocycles. The molecule has 1 saturated heterocycles. The predicted octanol–water partition coefficient (Wildman–Crippen LogP) is 4.00. The van der Waals surface area contributed by atoms with Crippen LogP contribution in [0, 0.1) is 0 Å². The fourth-order valence-electron chi connectivity index (χ4n) is 3.14. The van der Waals surface area contributed by atoms with E-state index in [1.165, 1.54) is 4.90 Å². The third-order valence-electron chi connectivity index (χ3n) is 4.56. The summed E-state index contributed by atoms with van der Waals surface area (Å²) < 4.78 is 10.8. The van der Waals surface area contributed by atoms with Gasteiger partial charge in [-0.3, -0.25) is 4.79 Å². The predicted molar refractivity (Wildman–Crippen MR) is 103 cm³/mol. The minimum absolute atomic E-state index is 0.144. The molecule has 2 aromatic rings. The Morgan fingerprint density at radius 1 is 1.15 bits per heavy atom. The zero-order chi connectivity index (χ0) is 19.1. The van der Waals surface area contributed by atoms with Gasteiger partial charge in [-0.25, -0.2) is 9.69 Å². The summed E-state index contributed by atoms with van der Waals surface area (Å²) in [4.78, 5) is 26.1. The molecule has 0 radical (unpaired) electrons. The number of hydrogen-bond acceptors (Lipinski definition) is 4. The van der Waals surface area contributed by atoms with Crippen molar-refractivity contribution in [1.82, 2.24) is 4.90 Å². The number of benzene rings is 2. The summed E-state index contributed by atoms with van der Waals surface area (Å²) in [6, 6.07) is 17.0. The number of carbonyl (C=O) groups is 2. The third kappa shape index (κ3) is 5.09. The molecule has 1 aliphatic heterocycles. The molecular formula is C22H25NO4. The number of unbranched alkanes of at least 4 members (excludes halogenated alkanes) is 1. The largest absolute Gasteiger partial charge is 0.494 e. The lowest BCUT2D eigenvalue weighted by Gasteiger charge is -2.20. The molecule has 0 spiro atoms. The average molecular weight is 367 g/mol. The van der Waals surface area contributed by atoms with Crippen LogP contribution in [0.4, 0.5) is 4.79 Å². The van der Waals surface area contributed by atoms with Crippen LogP contribution in [0.25, 0.3) is 0 Å². The molecule has 3 rings (SSSR count). The minimum Gasteiger partial charge on any atom is -0.494 e. The van der Waals surface area contributed by atoms with E-state index in [0.29, 0.717) is 13.0 Å². The van der Waals surface area contributed by atoms with E-state index in [-0.39, 0.29) is 25.0 Å². The quantitative estimate of drug-likeness (QED) is 0.662. The number of rotatable bonds is 8. The van der Waals surface area contributed by atoms with Crippen LogP contribution in [0.5, 0.6) is 5.75 Å². The molecular weight excluding hydrogens is 342 g/mol. The van der Waals surface area contributed by atoms with Gasteiger partial charge in [-0.05, 0) is 36.1 Å². The molecule has 0 bridgehead atoms. The fourth-order valence-corrected chi connectivity index (χ4v) is 3.14. The topological polar surface area (TPSA) is 55.8 Å². The van der Waals surface area contributed by atoms with Crippen molar-refractivity contribution in [3.8, 4) is 5.75 Å². The fraction of sp³-hybridized carbons (Fsp3) is 0.364. The third-order valence-corrected chi connectivity index (χ3v) is 4.56. The first-order valence-corrected chi connectivity index (χ1v) is 9.42. The highest BCUT2D eigenvalue weighted by atomic mass is 16.6. The molecule has 1 fully saturated rings. The van der Waals surface area contributed by atoms with Crippen molar-refractivity contribution in [2.24, 2.45) is 0 Å². The first kappa shape index (κ1) is 19.0. The molecule has 0 saturated carbocycles. The molecule has 5 heteroatoms. The Morgan fingerprint density at radius 2 is 1.93 bits per heavy atom. The van der Waals surface area contributed by atoms with E-state index in [0.717, 1.165) is 29.7 Å². The molecule has 0 N–H and O–H groups in total. The van der Waals surface area contributed by atoms with Gasteiger partial charge in [0.1, 0.15) is 12.4 Å². The van der Waals surface area contributed by atoms with Crippen molar-refractivity contribution in [1.29, 1.82) is 0 Å². The molecule has 2 amide bonds. The van der Waals surface area contributed by atoms with Crippen LogP contribution < -0.4 is 4.74 Å². The van der Waals surface area contributed by atoms with Crippen LogP contribution in [0.1, 0.15) is 30.9 Å². The highest BCUT2D eigenvalue weighted by Gasteiger charge is 2.37. The van der Waals surface area contributed by atoms with Gasteiger partial charge in [0.15, 0.2) is 0 Å². The summed E-state index contributed by atoms with van der Waals surface area (Å²) in [5.41, 5.74) is 1.90. The van der Waals surface area contributed by atoms with Crippen molar-refractivity contribution >= 4 is 12.0 Å². The molecule has 2 aromatic carbocycles. The Kier molecular flexibility index (Phi) is 6.47. The lowest BCUT2D eigenvalue weighted by atomic mass is 10.0. The number of nitrogens with zero attached hydrogens (tertiary/aromatic N) is 1. The summed E-state index contributed by atoms with van der Waals surface area (Å²) in [6.45, 7) is 3.00. The summed E-state index contributed by atoms with van der Waals surface area (Å²) in [7, 11) is 0. The zero-order valence-electron chi connectivity index (χ0n) is 15.6. The Labute approximate surface area is 159 Å². The summed E-state index contributed by atoms with van der Waals surface area (Å²) in [6.07, 6.45) is 2.24. The Balaban J connectivity index is 1.65. The average Bonchev–Trinajstić information content (AvgIpc) is 3.03. The van der Waals surface area contributed by atoms with E-state index < -0.39 is 6.09 Å². The Bertz CT molecular complexity index is 775. The monoisotopic (exact) mass is 367 g/mol. The highest BCUT2D eigenvalue weighted by molar-refractivity contribution is 5.94. The van der Waals surface area contributed by atoms with Gasteiger partial charge in [0.25, 0.3) is 0 Å². The second-order valence-electron chi connectivity index (χ2n) is 6.71. The van der Waals surface area contributed by atoms with Crippen LogP contribution in [0.3, 0.4) is 0 Å². The number of hydrogen-bond donors (Lipinski definition) is 0. The van der Waals surface area contributed by atoms with Gasteiger partial charge < -0.3 is 9.47 Å². The Hall–Kier alpha value is -2.82. The Morgan fingerprint density at radius 3 is 2.70 bits per heavy atom. The van der Waals surface area contributed by atoms with Crippen LogP contribution >= 0.6 is 0 Å². The summed E-state index contributed by atoms with van der Waals surface area (Å²) in [5.74, 6) is 0.503. The standard InChI is InChI=1S/C22H25NO4/c1-2-3-12-26-20-11-7-10-18(14-20)15-21(24)23-19(16-27-22(23)25)13-17-8-5-4-6-9-17/h4-11,14,19H,2-3,12-13,15-16H2,1H3/t19-/m0/s1. The number of carbonyl (C=O) groups excluding carboxylic acids is 2. The normalized spacial score (nSPS) is 16.3. The molecule has 142 valence electrons. The van der Waals surface area contributed by atoms with Gasteiger partial charge in [0.05, 0.1) is 19.1 Å². The van der Waals surface area contributed by atoms with E-state index >= 15 is 0 Å². The van der Waals surface area contributed by atoms with E-state index in [2.05, 4.69) is 6.92 Å². The number of ether oxygens (including phenoxy) is 2. The van der Waals surface area contributed by atoms with Crippen LogP contribution in [0.15, 0.2) is 54.6 Å². The number of cyclic esters (lactones) is 1. The second kappa shape index (κ2) is 9.21. The number of imide groups is 1. The van der Waals surface area contributed by atoms with E-state index in [1.54, 1.807) is 0 Å². The number of amides is 2. The van der Waals surface area contributed by atoms with Gasteiger partial charge >= 0.3 is 6.09 Å². The first-order valence-electron chi connectivity index (χ1n) is 9.42. The van der Waals surface area contributed by atoms with Gasteiger partial charge in [0.2, 0.25) is 5.91 Å². The van der Waals surface area contributed by atoms with E-state index in [9.17, 15) is 9.59 Å². The van der Waals surface area contributed by atoms with Gasteiger partial charge in [-0.15, -0.1) is 0 Å². The van der Waals surface area contributed by atoms with Crippen molar-refractivity contribution in [2.75, 3.05) is 13.2 Å². The smallest absolute Gasteiger partial charge is 0.416 e. The lowest BCUT2D eigenvalue weighted by molar-refractivity contribution is -0.128. The van der Waals surface area contributed by atoms with Crippen LogP contribution in [-0.2, 0) is 22.4 Å². The summed E-state index contributed by atoms with van der Waals surface area (Å²) >= 11 is 0. The van der Waals surface area contributed by atoms with Crippen LogP contribution in [0.2, 0.25) is 0 Å². The SMILES string of the molecule is CCCCOc1cccc(CC(=O)N2C(=O)OC[C@@H]2Cc2ccccc2)c1. The van der Waals surface area contributed by atoms with Gasteiger partial charge in [0, 0.05) is 0 Å². The first-order chi connectivity index (χ1) is 13.2. The maximum absolute atomic E-state index is 12.8. The zero-order valence-corrected chi connectivity index (χ0v) is 15.6. The lowest BCUT2D eigenvalue weighted by Crippen LogP contribution is -2.41. The maximum Gasteiger partial charge on any atom is 0.416 e. The van der Waals surface area contributed by atoms with Crippen molar-refractivity contribution in [3.63, 3.8) is 0 Å². The molecule has 1 atom stereocenters. The van der Waals surface area contributed by atoms with Crippen LogP contribution in [-0.4, -0.2) is 36.2 Å². The van der Waals surface area contributed by atoms with Crippen molar-refractivity contribution in [3.05, 3.63) is 65.7 Å². The minimum atomic E-state index is -0.559. The van der Waals surface area contributed by atoms with Gasteiger partial charge in [-0.1, -0.05) is 55.8 Å². The highest BCUT2D eigenvalue weighted by Crippen LogP contribution is 2.20. The molecule has 0 aliphatic carbocycles. The van der Waals surface area contributed by atoms with Crippen molar-refractivity contribution < 1.29 is 19.1 Å². The molecule has 1 heterocycles. The second-order valence-corrected chi connectivity index (χ2v) is 6.71. The van der Waals surface area contributed by atoms with Gasteiger partial charge in [-0.2, -0.15) is 0 Å². The van der Waals surface area contributed by atoms with E-state index in [1.807, 2.05) is 54.6 Å². The summed E-state index contributed by atoms with van der Waals surface area (Å²) in [5, 5.41) is 0. The maximum atomic E-state index is 12.8.